The first-order valence-corrected chi connectivity index (χ1v) is 8.46. The molecule has 0 atom stereocenters. The van der Waals surface area contributed by atoms with Crippen LogP contribution < -0.4 is 5.32 Å². The molecule has 3 N–H and O–H groups in total. The van der Waals surface area contributed by atoms with Gasteiger partial charge in [0.25, 0.3) is 0 Å². The Morgan fingerprint density at radius 2 is 1.92 bits per heavy atom. The first-order valence-electron chi connectivity index (χ1n) is 8.46. The third-order valence-electron chi connectivity index (χ3n) is 4.74. The highest BCUT2D eigenvalue weighted by Gasteiger charge is 2.19. The van der Waals surface area contributed by atoms with Gasteiger partial charge in [0.05, 0.1) is 11.7 Å². The SMILES string of the molecule is Oc1ccc(CN2CCC(Nc3ccc4[nH]ncc4c3)CC2)cc1. The van der Waals surface area contributed by atoms with Gasteiger partial charge in [-0.3, -0.25) is 10.00 Å². The molecule has 5 heteroatoms. The lowest BCUT2D eigenvalue weighted by atomic mass is 10.0. The van der Waals surface area contributed by atoms with Crippen LogP contribution in [-0.2, 0) is 6.54 Å². The Kier molecular flexibility index (Phi) is 4.09. The second-order valence-electron chi connectivity index (χ2n) is 6.53. The summed E-state index contributed by atoms with van der Waals surface area (Å²) in [5, 5.41) is 21.2. The van der Waals surface area contributed by atoms with E-state index in [0.717, 1.165) is 43.4 Å². The lowest BCUT2D eigenvalue weighted by Crippen LogP contribution is -2.38. The monoisotopic (exact) mass is 322 g/mol. The normalized spacial score (nSPS) is 16.5. The standard InChI is InChI=1S/C19H22N4O/c24-18-4-1-14(2-5-18)13-23-9-7-16(8-10-23)21-17-3-6-19-15(11-17)12-20-22-19/h1-6,11-12,16,21,24H,7-10,13H2,(H,20,22). The van der Waals surface area contributed by atoms with Gasteiger partial charge in [0.2, 0.25) is 0 Å². The molecule has 0 spiro atoms. The van der Waals surface area contributed by atoms with Crippen molar-refractivity contribution in [2.45, 2.75) is 25.4 Å². The van der Waals surface area contributed by atoms with Gasteiger partial charge in [0, 0.05) is 36.7 Å². The fourth-order valence-corrected chi connectivity index (χ4v) is 3.36. The molecule has 24 heavy (non-hydrogen) atoms. The van der Waals surface area contributed by atoms with E-state index in [-0.39, 0.29) is 0 Å². The minimum Gasteiger partial charge on any atom is -0.508 e. The number of hydrogen-bond acceptors (Lipinski definition) is 4. The van der Waals surface area contributed by atoms with Crippen LogP contribution in [0, 0.1) is 0 Å². The van der Waals surface area contributed by atoms with Crippen LogP contribution in [0.4, 0.5) is 5.69 Å². The number of rotatable bonds is 4. The Bertz CT molecular complexity index is 804. The van der Waals surface area contributed by atoms with Gasteiger partial charge in [0.1, 0.15) is 5.75 Å². The highest BCUT2D eigenvalue weighted by Crippen LogP contribution is 2.21. The summed E-state index contributed by atoms with van der Waals surface area (Å²) in [6, 6.07) is 14.4. The number of piperidine rings is 1. The molecule has 2 heterocycles. The third kappa shape index (κ3) is 3.36. The summed E-state index contributed by atoms with van der Waals surface area (Å²) in [6.07, 6.45) is 4.14. The molecule has 1 saturated heterocycles. The topological polar surface area (TPSA) is 64.2 Å². The largest absolute Gasteiger partial charge is 0.508 e. The summed E-state index contributed by atoms with van der Waals surface area (Å²) in [5.41, 5.74) is 3.50. The Balaban J connectivity index is 1.31. The van der Waals surface area contributed by atoms with Crippen LogP contribution in [0.15, 0.2) is 48.7 Å². The zero-order valence-electron chi connectivity index (χ0n) is 13.6. The quantitative estimate of drug-likeness (QED) is 0.689. The number of nitrogens with zero attached hydrogens (tertiary/aromatic N) is 2. The van der Waals surface area contributed by atoms with Gasteiger partial charge in [-0.2, -0.15) is 5.10 Å². The minimum absolute atomic E-state index is 0.330. The molecule has 1 aromatic heterocycles. The van der Waals surface area contributed by atoms with E-state index in [1.807, 2.05) is 18.3 Å². The van der Waals surface area contributed by atoms with Gasteiger partial charge in [0.15, 0.2) is 0 Å². The summed E-state index contributed by atoms with van der Waals surface area (Å²) in [4.78, 5) is 2.48. The van der Waals surface area contributed by atoms with Crippen LogP contribution in [0.1, 0.15) is 18.4 Å². The van der Waals surface area contributed by atoms with E-state index in [1.54, 1.807) is 12.1 Å². The van der Waals surface area contributed by atoms with Gasteiger partial charge in [-0.1, -0.05) is 12.1 Å². The van der Waals surface area contributed by atoms with Crippen molar-refractivity contribution in [1.82, 2.24) is 15.1 Å². The zero-order valence-corrected chi connectivity index (χ0v) is 13.6. The van der Waals surface area contributed by atoms with Crippen molar-refractivity contribution in [2.24, 2.45) is 0 Å². The highest BCUT2D eigenvalue weighted by atomic mass is 16.3. The average molecular weight is 322 g/mol. The number of aromatic hydroxyl groups is 1. The second-order valence-corrected chi connectivity index (χ2v) is 6.53. The molecule has 1 fully saturated rings. The first-order chi connectivity index (χ1) is 11.8. The number of H-pyrrole nitrogens is 1. The number of phenols is 1. The maximum atomic E-state index is 9.36. The molecule has 4 rings (SSSR count). The van der Waals surface area contributed by atoms with Crippen LogP contribution in [-0.4, -0.2) is 39.3 Å². The first kappa shape index (κ1) is 15.0. The number of fused-ring (bicyclic) bond motifs is 1. The summed E-state index contributed by atoms with van der Waals surface area (Å²) in [7, 11) is 0. The molecule has 0 saturated carbocycles. The molecule has 0 amide bonds. The molecule has 1 aliphatic heterocycles. The number of anilines is 1. The van der Waals surface area contributed by atoms with Gasteiger partial charge < -0.3 is 10.4 Å². The molecule has 0 bridgehead atoms. The number of nitrogens with one attached hydrogen (secondary N) is 2. The molecule has 1 aliphatic rings. The highest BCUT2D eigenvalue weighted by molar-refractivity contribution is 5.81. The molecule has 0 unspecified atom stereocenters. The molecule has 0 aliphatic carbocycles. The van der Waals surface area contributed by atoms with Gasteiger partial charge >= 0.3 is 0 Å². The van der Waals surface area contributed by atoms with E-state index in [1.165, 1.54) is 11.3 Å². The van der Waals surface area contributed by atoms with Gasteiger partial charge in [-0.15, -0.1) is 0 Å². The predicted octanol–water partition coefficient (Wildman–Crippen LogP) is 3.35. The summed E-state index contributed by atoms with van der Waals surface area (Å²) in [5.74, 6) is 0.330. The van der Waals surface area contributed by atoms with Crippen molar-refractivity contribution in [3.05, 3.63) is 54.2 Å². The van der Waals surface area contributed by atoms with E-state index >= 15 is 0 Å². The van der Waals surface area contributed by atoms with Crippen molar-refractivity contribution < 1.29 is 5.11 Å². The van der Waals surface area contributed by atoms with Crippen LogP contribution >= 0.6 is 0 Å². The van der Waals surface area contributed by atoms with Crippen LogP contribution in [0.25, 0.3) is 10.9 Å². The number of benzene rings is 2. The maximum absolute atomic E-state index is 9.36. The maximum Gasteiger partial charge on any atom is 0.115 e. The Morgan fingerprint density at radius 1 is 1.12 bits per heavy atom. The molecule has 3 aromatic rings. The Morgan fingerprint density at radius 3 is 2.71 bits per heavy atom. The summed E-state index contributed by atoms with van der Waals surface area (Å²) in [6.45, 7) is 3.13. The van der Waals surface area contributed by atoms with E-state index in [9.17, 15) is 5.11 Å². The number of likely N-dealkylation sites (tertiary alicyclic amines) is 1. The average Bonchev–Trinajstić information content (AvgIpc) is 3.06. The summed E-state index contributed by atoms with van der Waals surface area (Å²) >= 11 is 0. The van der Waals surface area contributed by atoms with E-state index in [4.69, 9.17) is 0 Å². The predicted molar refractivity (Wildman–Crippen MR) is 96.1 cm³/mol. The molecular formula is C19H22N4O. The van der Waals surface area contributed by atoms with Crippen molar-refractivity contribution in [3.8, 4) is 5.75 Å². The second kappa shape index (κ2) is 6.53. The van der Waals surface area contributed by atoms with Crippen molar-refractivity contribution in [3.63, 3.8) is 0 Å². The van der Waals surface area contributed by atoms with E-state index in [0.29, 0.717) is 11.8 Å². The number of phenolic OH excluding ortho intramolecular Hbond substituents is 1. The zero-order chi connectivity index (χ0) is 16.4. The lowest BCUT2D eigenvalue weighted by Gasteiger charge is -2.33. The van der Waals surface area contributed by atoms with Crippen molar-refractivity contribution in [1.29, 1.82) is 0 Å². The number of aromatic nitrogens is 2. The van der Waals surface area contributed by atoms with Gasteiger partial charge in [-0.25, -0.2) is 0 Å². The van der Waals surface area contributed by atoms with Crippen LogP contribution in [0.3, 0.4) is 0 Å². The number of aromatic amines is 1. The fourth-order valence-electron chi connectivity index (χ4n) is 3.36. The smallest absolute Gasteiger partial charge is 0.115 e. The Labute approximate surface area is 141 Å². The third-order valence-corrected chi connectivity index (χ3v) is 4.74. The minimum atomic E-state index is 0.330. The molecule has 0 radical (unpaired) electrons. The molecular weight excluding hydrogens is 300 g/mol. The van der Waals surface area contributed by atoms with Crippen molar-refractivity contribution in [2.75, 3.05) is 18.4 Å². The summed E-state index contributed by atoms with van der Waals surface area (Å²) < 4.78 is 0. The van der Waals surface area contributed by atoms with Crippen molar-refractivity contribution >= 4 is 16.6 Å². The fraction of sp³-hybridized carbons (Fsp3) is 0.316. The Hall–Kier alpha value is -2.53. The van der Waals surface area contributed by atoms with Crippen LogP contribution in [0.5, 0.6) is 5.75 Å². The van der Waals surface area contributed by atoms with E-state index in [2.05, 4.69) is 38.6 Å². The number of hydrogen-bond donors (Lipinski definition) is 3. The molecule has 2 aromatic carbocycles. The van der Waals surface area contributed by atoms with Crippen LogP contribution in [0.2, 0.25) is 0 Å². The van der Waals surface area contributed by atoms with E-state index < -0.39 is 0 Å². The molecule has 124 valence electrons. The molecule has 5 nitrogen and oxygen atoms in total. The lowest BCUT2D eigenvalue weighted by molar-refractivity contribution is 0.211. The van der Waals surface area contributed by atoms with Gasteiger partial charge in [-0.05, 0) is 48.7 Å².